The van der Waals surface area contributed by atoms with E-state index in [-0.39, 0.29) is 0 Å². The van der Waals surface area contributed by atoms with E-state index in [1.165, 1.54) is 47.0 Å². The molecule has 1 fully saturated rings. The van der Waals surface area contributed by atoms with Gasteiger partial charge >= 0.3 is 0 Å². The van der Waals surface area contributed by atoms with Gasteiger partial charge < -0.3 is 4.57 Å². The van der Waals surface area contributed by atoms with Crippen LogP contribution in [0, 0.1) is 9.49 Å². The summed E-state index contributed by atoms with van der Waals surface area (Å²) >= 11 is 8.37. The van der Waals surface area contributed by atoms with Crippen LogP contribution < -0.4 is 0 Å². The Balaban J connectivity index is 2.04. The minimum atomic E-state index is 0.604. The fraction of sp³-hybridized carbons (Fsp3) is 0.588. The van der Waals surface area contributed by atoms with Crippen molar-refractivity contribution >= 4 is 45.2 Å². The molecule has 1 aromatic carbocycles. The minimum absolute atomic E-state index is 0.604. The molecule has 2 atom stereocenters. The lowest BCUT2D eigenvalue weighted by molar-refractivity contribution is 0.262. The fourth-order valence-electron chi connectivity index (χ4n) is 3.66. The van der Waals surface area contributed by atoms with Crippen LogP contribution in [0.4, 0.5) is 0 Å². The SMILES string of the molecule is CCC1CCCC(n2c(CCCl)nc3cc(I)ccc32)C1. The molecule has 1 heterocycles. The van der Waals surface area contributed by atoms with E-state index in [1.807, 2.05) is 0 Å². The second kappa shape index (κ2) is 6.86. The number of benzene rings is 1. The third-order valence-electron chi connectivity index (χ3n) is 4.74. The van der Waals surface area contributed by atoms with Crippen LogP contribution in [0.5, 0.6) is 0 Å². The second-order valence-corrected chi connectivity index (χ2v) is 7.69. The second-order valence-electron chi connectivity index (χ2n) is 6.06. The number of hydrogen-bond donors (Lipinski definition) is 0. The molecule has 2 aromatic rings. The summed E-state index contributed by atoms with van der Waals surface area (Å²) in [5.41, 5.74) is 2.41. The zero-order chi connectivity index (χ0) is 14.8. The highest BCUT2D eigenvalue weighted by molar-refractivity contribution is 14.1. The Morgan fingerprint density at radius 3 is 3.00 bits per heavy atom. The van der Waals surface area contributed by atoms with Crippen molar-refractivity contribution in [3.05, 3.63) is 27.6 Å². The van der Waals surface area contributed by atoms with Crippen LogP contribution in [-0.2, 0) is 6.42 Å². The normalized spacial score (nSPS) is 22.8. The van der Waals surface area contributed by atoms with E-state index in [4.69, 9.17) is 16.6 Å². The molecule has 21 heavy (non-hydrogen) atoms. The van der Waals surface area contributed by atoms with Crippen molar-refractivity contribution in [2.75, 3.05) is 5.88 Å². The predicted molar refractivity (Wildman–Crippen MR) is 98.2 cm³/mol. The quantitative estimate of drug-likeness (QED) is 0.471. The van der Waals surface area contributed by atoms with Crippen molar-refractivity contribution in [2.45, 2.75) is 51.5 Å². The van der Waals surface area contributed by atoms with Crippen LogP contribution in [0.15, 0.2) is 18.2 Å². The van der Waals surface area contributed by atoms with Gasteiger partial charge in [0.1, 0.15) is 5.82 Å². The van der Waals surface area contributed by atoms with E-state index >= 15 is 0 Å². The smallest absolute Gasteiger partial charge is 0.111 e. The zero-order valence-electron chi connectivity index (χ0n) is 12.5. The maximum atomic E-state index is 6.01. The molecular weight excluding hydrogens is 395 g/mol. The fourth-order valence-corrected chi connectivity index (χ4v) is 4.30. The number of aryl methyl sites for hydroxylation is 1. The number of imidazole rings is 1. The molecule has 0 aliphatic heterocycles. The molecule has 1 saturated carbocycles. The first kappa shape index (κ1) is 15.6. The van der Waals surface area contributed by atoms with Crippen LogP contribution in [-0.4, -0.2) is 15.4 Å². The molecule has 0 spiro atoms. The number of aromatic nitrogens is 2. The summed E-state index contributed by atoms with van der Waals surface area (Å²) in [7, 11) is 0. The molecule has 0 bridgehead atoms. The Kier molecular flexibility index (Phi) is 5.10. The number of alkyl halides is 1. The van der Waals surface area contributed by atoms with Gasteiger partial charge in [0.15, 0.2) is 0 Å². The van der Waals surface area contributed by atoms with Gasteiger partial charge in [-0.1, -0.05) is 26.2 Å². The Labute approximate surface area is 145 Å². The summed E-state index contributed by atoms with van der Waals surface area (Å²) < 4.78 is 3.74. The van der Waals surface area contributed by atoms with E-state index in [0.717, 1.165) is 17.9 Å². The molecule has 1 aliphatic carbocycles. The maximum Gasteiger partial charge on any atom is 0.111 e. The third-order valence-corrected chi connectivity index (χ3v) is 5.60. The Bertz CT molecular complexity index is 623. The van der Waals surface area contributed by atoms with Gasteiger partial charge in [-0.2, -0.15) is 0 Å². The molecule has 1 aromatic heterocycles. The number of nitrogens with zero attached hydrogens (tertiary/aromatic N) is 2. The Morgan fingerprint density at radius 1 is 1.38 bits per heavy atom. The van der Waals surface area contributed by atoms with E-state index in [1.54, 1.807) is 0 Å². The van der Waals surface area contributed by atoms with Gasteiger partial charge in [0.2, 0.25) is 0 Å². The molecule has 0 amide bonds. The standard InChI is InChI=1S/C17H22ClIN2/c1-2-12-4-3-5-14(10-12)21-16-7-6-13(19)11-15(16)20-17(21)8-9-18/h6-7,11-12,14H,2-5,8-10H2,1H3. The van der Waals surface area contributed by atoms with Gasteiger partial charge in [-0.3, -0.25) is 0 Å². The van der Waals surface area contributed by atoms with Crippen LogP contribution >= 0.6 is 34.2 Å². The Hall–Kier alpha value is -0.290. The highest BCUT2D eigenvalue weighted by Gasteiger charge is 2.25. The molecule has 114 valence electrons. The summed E-state index contributed by atoms with van der Waals surface area (Å²) in [4.78, 5) is 4.86. The molecule has 0 saturated heterocycles. The highest BCUT2D eigenvalue weighted by Crippen LogP contribution is 2.37. The summed E-state index contributed by atoms with van der Waals surface area (Å²) in [6.45, 7) is 2.32. The topological polar surface area (TPSA) is 17.8 Å². The van der Waals surface area contributed by atoms with Gasteiger partial charge in [-0.15, -0.1) is 11.6 Å². The number of fused-ring (bicyclic) bond motifs is 1. The van der Waals surface area contributed by atoms with E-state index in [2.05, 4.69) is 52.3 Å². The van der Waals surface area contributed by atoms with Crippen LogP contribution in [0.1, 0.15) is 50.9 Å². The molecule has 2 nitrogen and oxygen atoms in total. The lowest BCUT2D eigenvalue weighted by atomic mass is 9.84. The largest absolute Gasteiger partial charge is 0.325 e. The van der Waals surface area contributed by atoms with E-state index in [0.29, 0.717) is 11.9 Å². The van der Waals surface area contributed by atoms with E-state index in [9.17, 15) is 0 Å². The monoisotopic (exact) mass is 416 g/mol. The number of hydrogen-bond acceptors (Lipinski definition) is 1. The third kappa shape index (κ3) is 3.24. The van der Waals surface area contributed by atoms with Gasteiger partial charge in [0.05, 0.1) is 11.0 Å². The lowest BCUT2D eigenvalue weighted by Gasteiger charge is -2.31. The molecule has 2 unspecified atom stereocenters. The first-order valence-electron chi connectivity index (χ1n) is 7.95. The first-order valence-corrected chi connectivity index (χ1v) is 9.56. The predicted octanol–water partition coefficient (Wildman–Crippen LogP) is 5.56. The van der Waals surface area contributed by atoms with Crippen LogP contribution in [0.25, 0.3) is 11.0 Å². The van der Waals surface area contributed by atoms with Crippen molar-refractivity contribution in [1.82, 2.24) is 9.55 Å². The first-order chi connectivity index (χ1) is 10.2. The van der Waals surface area contributed by atoms with Gasteiger partial charge in [0.25, 0.3) is 0 Å². The van der Waals surface area contributed by atoms with Crippen molar-refractivity contribution in [3.8, 4) is 0 Å². The van der Waals surface area contributed by atoms with Gasteiger partial charge in [-0.25, -0.2) is 4.98 Å². The van der Waals surface area contributed by atoms with Crippen LogP contribution in [0.3, 0.4) is 0 Å². The summed E-state index contributed by atoms with van der Waals surface area (Å²) in [5.74, 6) is 2.68. The molecule has 0 radical (unpaired) electrons. The lowest BCUT2D eigenvalue weighted by Crippen LogP contribution is -2.20. The van der Waals surface area contributed by atoms with Crippen molar-refractivity contribution in [3.63, 3.8) is 0 Å². The molecule has 1 aliphatic rings. The molecule has 3 rings (SSSR count). The van der Waals surface area contributed by atoms with Crippen molar-refractivity contribution < 1.29 is 0 Å². The van der Waals surface area contributed by atoms with Crippen LogP contribution in [0.2, 0.25) is 0 Å². The molecule has 4 heteroatoms. The molecular formula is C17H22ClIN2. The Morgan fingerprint density at radius 2 is 2.24 bits per heavy atom. The number of rotatable bonds is 4. The van der Waals surface area contributed by atoms with Crippen molar-refractivity contribution in [1.29, 1.82) is 0 Å². The van der Waals surface area contributed by atoms with Gasteiger partial charge in [0, 0.05) is 21.9 Å². The van der Waals surface area contributed by atoms with E-state index < -0.39 is 0 Å². The average Bonchev–Trinajstić information content (AvgIpc) is 2.84. The molecule has 0 N–H and O–H groups in total. The highest BCUT2D eigenvalue weighted by atomic mass is 127. The summed E-state index contributed by atoms with van der Waals surface area (Å²) in [5, 5.41) is 0. The number of halogens is 2. The summed E-state index contributed by atoms with van der Waals surface area (Å²) in [6.07, 6.45) is 7.47. The zero-order valence-corrected chi connectivity index (χ0v) is 15.4. The minimum Gasteiger partial charge on any atom is -0.325 e. The summed E-state index contributed by atoms with van der Waals surface area (Å²) in [6, 6.07) is 7.21. The maximum absolute atomic E-state index is 6.01. The average molecular weight is 417 g/mol. The van der Waals surface area contributed by atoms with Gasteiger partial charge in [-0.05, 0) is 59.5 Å². The van der Waals surface area contributed by atoms with Crippen molar-refractivity contribution in [2.24, 2.45) is 5.92 Å².